The van der Waals surface area contributed by atoms with Crippen LogP contribution in [0, 0.1) is 12.8 Å². The van der Waals surface area contributed by atoms with E-state index in [0.29, 0.717) is 5.56 Å². The first-order valence-corrected chi connectivity index (χ1v) is 7.51. The van der Waals surface area contributed by atoms with Crippen molar-refractivity contribution in [2.24, 2.45) is 5.92 Å². The van der Waals surface area contributed by atoms with E-state index in [1.54, 1.807) is 31.2 Å². The number of hydrogen-bond acceptors (Lipinski definition) is 4. The van der Waals surface area contributed by atoms with Crippen molar-refractivity contribution in [3.63, 3.8) is 0 Å². The standard InChI is InChI=1S/C17H17ClO4/c1-3-22-17(21)12-8-13(18)15(14(19)9-12)16(20)11-6-4-10(2)5-7-11/h4-7,12H,3,8-9H2,1-2H3. The second kappa shape index (κ2) is 6.88. The molecule has 0 N–H and O–H groups in total. The van der Waals surface area contributed by atoms with Crippen LogP contribution in [0.1, 0.15) is 35.7 Å². The molecule has 0 aromatic heterocycles. The molecule has 1 atom stereocenters. The minimum atomic E-state index is -0.602. The fourth-order valence-corrected chi connectivity index (χ4v) is 2.77. The van der Waals surface area contributed by atoms with Crippen molar-refractivity contribution in [3.05, 3.63) is 46.0 Å². The normalized spacial score (nSPS) is 18.3. The monoisotopic (exact) mass is 320 g/mol. The van der Waals surface area contributed by atoms with Gasteiger partial charge in [-0.15, -0.1) is 0 Å². The lowest BCUT2D eigenvalue weighted by atomic mass is 9.85. The van der Waals surface area contributed by atoms with Crippen molar-refractivity contribution in [1.29, 1.82) is 0 Å². The lowest BCUT2D eigenvalue weighted by Gasteiger charge is -2.21. The van der Waals surface area contributed by atoms with Crippen LogP contribution in [0.5, 0.6) is 0 Å². The highest BCUT2D eigenvalue weighted by Gasteiger charge is 2.35. The molecule has 0 fully saturated rings. The van der Waals surface area contributed by atoms with Crippen LogP contribution in [0.2, 0.25) is 0 Å². The van der Waals surface area contributed by atoms with Gasteiger partial charge in [-0.3, -0.25) is 14.4 Å². The van der Waals surface area contributed by atoms with Crippen LogP contribution in [0.4, 0.5) is 0 Å². The molecule has 0 aliphatic heterocycles. The maximum absolute atomic E-state index is 12.5. The van der Waals surface area contributed by atoms with Crippen LogP contribution in [-0.4, -0.2) is 24.1 Å². The molecule has 0 saturated heterocycles. The van der Waals surface area contributed by atoms with Crippen molar-refractivity contribution in [2.75, 3.05) is 6.61 Å². The molecule has 5 heteroatoms. The number of halogens is 1. The summed E-state index contributed by atoms with van der Waals surface area (Å²) < 4.78 is 4.91. The number of carbonyl (C=O) groups excluding carboxylic acids is 3. The summed E-state index contributed by atoms with van der Waals surface area (Å²) in [5.41, 5.74) is 1.43. The SMILES string of the molecule is CCOC(=O)C1CC(=O)C(C(=O)c2ccc(C)cc2)=C(Cl)C1. The van der Waals surface area contributed by atoms with Crippen LogP contribution >= 0.6 is 11.6 Å². The number of Topliss-reactive ketones (excluding diaryl/α,β-unsaturated/α-hetero) is 2. The number of benzene rings is 1. The summed E-state index contributed by atoms with van der Waals surface area (Å²) in [6.07, 6.45) is 0.126. The van der Waals surface area contributed by atoms with E-state index in [-0.39, 0.29) is 30.1 Å². The Balaban J connectivity index is 2.25. The zero-order valence-electron chi connectivity index (χ0n) is 12.5. The largest absolute Gasteiger partial charge is 0.466 e. The second-order valence-electron chi connectivity index (χ2n) is 5.26. The molecule has 0 bridgehead atoms. The summed E-state index contributed by atoms with van der Waals surface area (Å²) in [5, 5.41) is 0.139. The van der Waals surface area contributed by atoms with Gasteiger partial charge < -0.3 is 4.74 Å². The minimum Gasteiger partial charge on any atom is -0.466 e. The molecule has 0 saturated carbocycles. The fourth-order valence-electron chi connectivity index (χ4n) is 2.39. The molecule has 116 valence electrons. The number of esters is 1. The number of aryl methyl sites for hydroxylation is 1. The Morgan fingerprint density at radius 3 is 2.41 bits per heavy atom. The summed E-state index contributed by atoms with van der Waals surface area (Å²) in [4.78, 5) is 36.4. The third kappa shape index (κ3) is 3.45. The Morgan fingerprint density at radius 2 is 1.86 bits per heavy atom. The summed E-state index contributed by atoms with van der Waals surface area (Å²) in [5.74, 6) is -1.84. The molecule has 1 aliphatic rings. The molecule has 0 amide bonds. The van der Waals surface area contributed by atoms with Gasteiger partial charge in [0.1, 0.15) is 0 Å². The van der Waals surface area contributed by atoms with Crippen molar-refractivity contribution in [1.82, 2.24) is 0 Å². The summed E-state index contributed by atoms with van der Waals surface area (Å²) in [6.45, 7) is 3.86. The molecule has 0 spiro atoms. The van der Waals surface area contributed by atoms with E-state index in [9.17, 15) is 14.4 Å². The zero-order valence-corrected chi connectivity index (χ0v) is 13.3. The van der Waals surface area contributed by atoms with Gasteiger partial charge >= 0.3 is 5.97 Å². The van der Waals surface area contributed by atoms with Gasteiger partial charge in [0.05, 0.1) is 18.1 Å². The third-order valence-corrected chi connectivity index (χ3v) is 3.91. The van der Waals surface area contributed by atoms with Gasteiger partial charge in [0.2, 0.25) is 0 Å². The highest BCUT2D eigenvalue weighted by atomic mass is 35.5. The maximum atomic E-state index is 12.5. The van der Waals surface area contributed by atoms with E-state index in [1.807, 2.05) is 6.92 Å². The van der Waals surface area contributed by atoms with Crippen molar-refractivity contribution < 1.29 is 19.1 Å². The van der Waals surface area contributed by atoms with Gasteiger partial charge in [0.15, 0.2) is 11.6 Å². The van der Waals surface area contributed by atoms with Crippen LogP contribution < -0.4 is 0 Å². The number of allylic oxidation sites excluding steroid dienone is 2. The molecule has 0 radical (unpaired) electrons. The van der Waals surface area contributed by atoms with Gasteiger partial charge in [0.25, 0.3) is 0 Å². The first-order chi connectivity index (χ1) is 10.4. The second-order valence-corrected chi connectivity index (χ2v) is 5.71. The Labute approximate surface area is 134 Å². The van der Waals surface area contributed by atoms with Crippen LogP contribution in [0.25, 0.3) is 0 Å². The van der Waals surface area contributed by atoms with Gasteiger partial charge in [0, 0.05) is 17.0 Å². The number of carbonyl (C=O) groups is 3. The number of ether oxygens (including phenoxy) is 1. The summed E-state index contributed by atoms with van der Waals surface area (Å²) in [6, 6.07) is 6.94. The average molecular weight is 321 g/mol. The van der Waals surface area contributed by atoms with Gasteiger partial charge in [-0.05, 0) is 20.3 Å². The Hall–Kier alpha value is -1.94. The lowest BCUT2D eigenvalue weighted by molar-refractivity contribution is -0.149. The number of rotatable bonds is 4. The highest BCUT2D eigenvalue weighted by Crippen LogP contribution is 2.32. The van der Waals surface area contributed by atoms with Crippen molar-refractivity contribution >= 4 is 29.1 Å². The highest BCUT2D eigenvalue weighted by molar-refractivity contribution is 6.39. The summed E-state index contributed by atoms with van der Waals surface area (Å²) in [7, 11) is 0. The van der Waals surface area contributed by atoms with E-state index in [4.69, 9.17) is 16.3 Å². The molecule has 0 heterocycles. The Morgan fingerprint density at radius 1 is 1.23 bits per heavy atom. The third-order valence-electron chi connectivity index (χ3n) is 3.57. The van der Waals surface area contributed by atoms with Gasteiger partial charge in [-0.25, -0.2) is 0 Å². The molecule has 2 rings (SSSR count). The van der Waals surface area contributed by atoms with E-state index >= 15 is 0 Å². The Kier molecular flexibility index (Phi) is 5.14. The average Bonchev–Trinajstić information content (AvgIpc) is 2.47. The fraction of sp³-hybridized carbons (Fsp3) is 0.353. The van der Waals surface area contributed by atoms with E-state index < -0.39 is 23.5 Å². The number of ketones is 2. The molecule has 1 aromatic rings. The molecule has 1 unspecified atom stereocenters. The predicted molar refractivity (Wildman–Crippen MR) is 82.8 cm³/mol. The van der Waals surface area contributed by atoms with E-state index in [0.717, 1.165) is 5.56 Å². The summed E-state index contributed by atoms with van der Waals surface area (Å²) >= 11 is 6.12. The van der Waals surface area contributed by atoms with Crippen molar-refractivity contribution in [3.8, 4) is 0 Å². The molecular formula is C17H17ClO4. The van der Waals surface area contributed by atoms with Crippen LogP contribution in [-0.2, 0) is 14.3 Å². The van der Waals surface area contributed by atoms with Gasteiger partial charge in [-0.1, -0.05) is 41.4 Å². The topological polar surface area (TPSA) is 60.4 Å². The number of hydrogen-bond donors (Lipinski definition) is 0. The van der Waals surface area contributed by atoms with E-state index in [1.165, 1.54) is 0 Å². The first kappa shape index (κ1) is 16.4. The zero-order chi connectivity index (χ0) is 16.3. The molecule has 1 aromatic carbocycles. The van der Waals surface area contributed by atoms with E-state index in [2.05, 4.69) is 0 Å². The molecule has 1 aliphatic carbocycles. The smallest absolute Gasteiger partial charge is 0.309 e. The predicted octanol–water partition coefficient (Wildman–Crippen LogP) is 3.21. The lowest BCUT2D eigenvalue weighted by Crippen LogP contribution is -2.28. The Bertz CT molecular complexity index is 643. The van der Waals surface area contributed by atoms with Crippen LogP contribution in [0.3, 0.4) is 0 Å². The molecular weight excluding hydrogens is 304 g/mol. The quantitative estimate of drug-likeness (QED) is 0.485. The molecule has 4 nitrogen and oxygen atoms in total. The van der Waals surface area contributed by atoms with Crippen molar-refractivity contribution in [2.45, 2.75) is 26.7 Å². The van der Waals surface area contributed by atoms with Crippen LogP contribution in [0.15, 0.2) is 34.9 Å². The maximum Gasteiger partial charge on any atom is 0.309 e. The van der Waals surface area contributed by atoms with Gasteiger partial charge in [-0.2, -0.15) is 0 Å². The minimum absolute atomic E-state index is 0.00827. The molecule has 22 heavy (non-hydrogen) atoms. The first-order valence-electron chi connectivity index (χ1n) is 7.13.